The van der Waals surface area contributed by atoms with Crippen LogP contribution >= 0.6 is 0 Å². The van der Waals surface area contributed by atoms with Gasteiger partial charge in [0.1, 0.15) is 5.75 Å². The van der Waals surface area contributed by atoms with Crippen molar-refractivity contribution in [1.82, 2.24) is 14.7 Å². The van der Waals surface area contributed by atoms with Crippen LogP contribution in [0, 0.1) is 11.8 Å². The summed E-state index contributed by atoms with van der Waals surface area (Å²) >= 11 is 0. The van der Waals surface area contributed by atoms with Crippen molar-refractivity contribution in [2.24, 2.45) is 18.9 Å². The smallest absolute Gasteiger partial charge is 0.259 e. The van der Waals surface area contributed by atoms with E-state index in [0.29, 0.717) is 29.5 Å². The Morgan fingerprint density at radius 2 is 1.87 bits per heavy atom. The van der Waals surface area contributed by atoms with Crippen molar-refractivity contribution in [3.8, 4) is 5.75 Å². The first kappa shape index (κ1) is 21.9. The second-order valence-electron chi connectivity index (χ2n) is 8.47. The number of anilines is 1. The summed E-state index contributed by atoms with van der Waals surface area (Å²) in [5.74, 6) is 1.65. The lowest BCUT2D eigenvalue weighted by molar-refractivity contribution is -0.133. The van der Waals surface area contributed by atoms with Gasteiger partial charge in [-0.05, 0) is 55.4 Å². The first-order chi connectivity index (χ1) is 14.4. The monoisotopic (exact) mass is 412 g/mol. The molecule has 1 aliphatic rings. The molecule has 1 fully saturated rings. The van der Waals surface area contributed by atoms with Crippen molar-refractivity contribution < 1.29 is 14.3 Å². The molecule has 1 aromatic carbocycles. The van der Waals surface area contributed by atoms with Crippen molar-refractivity contribution in [3.05, 3.63) is 41.7 Å². The predicted molar refractivity (Wildman–Crippen MR) is 117 cm³/mol. The molecular weight excluding hydrogens is 380 g/mol. The number of ether oxygens (including phenoxy) is 1. The Morgan fingerprint density at radius 3 is 2.47 bits per heavy atom. The molecule has 2 amide bonds. The number of hydrogen-bond acceptors (Lipinski definition) is 4. The predicted octanol–water partition coefficient (Wildman–Crippen LogP) is 3.51. The van der Waals surface area contributed by atoms with E-state index in [4.69, 9.17) is 4.74 Å². The fourth-order valence-corrected chi connectivity index (χ4v) is 3.89. The van der Waals surface area contributed by atoms with Crippen molar-refractivity contribution in [1.29, 1.82) is 0 Å². The maximum absolute atomic E-state index is 12.8. The lowest BCUT2D eigenvalue weighted by atomic mass is 9.90. The van der Waals surface area contributed by atoms with Crippen molar-refractivity contribution in [2.75, 3.05) is 25.5 Å². The van der Waals surface area contributed by atoms with Crippen LogP contribution in [0.1, 0.15) is 49.2 Å². The van der Waals surface area contributed by atoms with Gasteiger partial charge >= 0.3 is 0 Å². The highest BCUT2D eigenvalue weighted by atomic mass is 16.5. The van der Waals surface area contributed by atoms with Crippen molar-refractivity contribution >= 4 is 17.5 Å². The molecule has 7 nitrogen and oxygen atoms in total. The van der Waals surface area contributed by atoms with Gasteiger partial charge in [0.25, 0.3) is 5.91 Å². The highest BCUT2D eigenvalue weighted by molar-refractivity contribution is 6.04. The second-order valence-corrected chi connectivity index (χ2v) is 8.47. The van der Waals surface area contributed by atoms with E-state index in [0.717, 1.165) is 43.8 Å². The lowest BCUT2D eigenvalue weighted by Crippen LogP contribution is -2.39. The van der Waals surface area contributed by atoms with Crippen LogP contribution in [0.4, 0.5) is 5.69 Å². The molecule has 3 rings (SSSR count). The van der Waals surface area contributed by atoms with Crippen LogP contribution in [0.15, 0.2) is 30.5 Å². The number of likely N-dealkylation sites (tertiary alicyclic amines) is 1. The van der Waals surface area contributed by atoms with Crippen LogP contribution in [-0.4, -0.2) is 46.7 Å². The van der Waals surface area contributed by atoms with Gasteiger partial charge in [-0.3, -0.25) is 14.3 Å². The maximum Gasteiger partial charge on any atom is 0.259 e. The molecule has 0 radical (unpaired) electrons. The zero-order chi connectivity index (χ0) is 21.7. The molecule has 2 heterocycles. The van der Waals surface area contributed by atoms with Crippen LogP contribution < -0.4 is 10.1 Å². The third-order valence-corrected chi connectivity index (χ3v) is 5.53. The SMILES string of the molecule is COc1ccc(NC(=O)c2cn(C)nc2CC2CCN(C(=O)CC(C)C)CC2)cc1. The Bertz CT molecular complexity index is 865. The summed E-state index contributed by atoms with van der Waals surface area (Å²) in [5.41, 5.74) is 2.13. The van der Waals surface area contributed by atoms with Gasteiger partial charge in [-0.1, -0.05) is 13.8 Å². The highest BCUT2D eigenvalue weighted by Crippen LogP contribution is 2.24. The minimum atomic E-state index is -0.159. The molecule has 30 heavy (non-hydrogen) atoms. The number of amides is 2. The summed E-state index contributed by atoms with van der Waals surface area (Å²) in [6.07, 6.45) is 5.02. The van der Waals surface area contributed by atoms with Gasteiger partial charge in [0.2, 0.25) is 5.91 Å². The van der Waals surface area contributed by atoms with E-state index in [9.17, 15) is 9.59 Å². The number of rotatable bonds is 7. The number of carbonyl (C=O) groups is 2. The number of aromatic nitrogens is 2. The number of aryl methyl sites for hydroxylation is 1. The summed E-state index contributed by atoms with van der Waals surface area (Å²) < 4.78 is 6.85. The highest BCUT2D eigenvalue weighted by Gasteiger charge is 2.26. The quantitative estimate of drug-likeness (QED) is 0.755. The fourth-order valence-electron chi connectivity index (χ4n) is 3.89. The van der Waals surface area contributed by atoms with E-state index < -0.39 is 0 Å². The molecule has 1 N–H and O–H groups in total. The standard InChI is InChI=1S/C23H32N4O3/c1-16(2)13-22(28)27-11-9-17(10-12-27)14-21-20(15-26(3)25-21)23(29)24-18-5-7-19(30-4)8-6-18/h5-8,15-17H,9-14H2,1-4H3,(H,24,29). The van der Waals surface area contributed by atoms with E-state index in [1.165, 1.54) is 0 Å². The van der Waals surface area contributed by atoms with Crippen molar-refractivity contribution in [2.45, 2.75) is 39.5 Å². The minimum absolute atomic E-state index is 0.159. The summed E-state index contributed by atoms with van der Waals surface area (Å²) in [6, 6.07) is 7.26. The van der Waals surface area contributed by atoms with E-state index in [1.807, 2.05) is 36.2 Å². The van der Waals surface area contributed by atoms with E-state index in [1.54, 1.807) is 18.0 Å². The molecule has 0 aliphatic carbocycles. The molecule has 0 bridgehead atoms. The summed E-state index contributed by atoms with van der Waals surface area (Å²) in [4.78, 5) is 27.1. The third-order valence-electron chi connectivity index (χ3n) is 5.53. The minimum Gasteiger partial charge on any atom is -0.497 e. The molecule has 1 aliphatic heterocycles. The average Bonchev–Trinajstić information content (AvgIpc) is 3.08. The number of benzene rings is 1. The molecule has 0 unspecified atom stereocenters. The van der Waals surface area contributed by atoms with Crippen LogP contribution in [0.25, 0.3) is 0 Å². The lowest BCUT2D eigenvalue weighted by Gasteiger charge is -2.32. The molecule has 2 aromatic rings. The van der Waals surface area contributed by atoms with Gasteiger partial charge in [0, 0.05) is 38.4 Å². The van der Waals surface area contributed by atoms with Gasteiger partial charge in [0.15, 0.2) is 0 Å². The number of methoxy groups -OCH3 is 1. The zero-order valence-electron chi connectivity index (χ0n) is 18.4. The largest absolute Gasteiger partial charge is 0.497 e. The molecular formula is C23H32N4O3. The molecule has 162 valence electrons. The topological polar surface area (TPSA) is 76.5 Å². The summed E-state index contributed by atoms with van der Waals surface area (Å²) in [7, 11) is 3.45. The van der Waals surface area contributed by atoms with E-state index in [2.05, 4.69) is 24.3 Å². The van der Waals surface area contributed by atoms with Crippen molar-refractivity contribution in [3.63, 3.8) is 0 Å². The van der Waals surface area contributed by atoms with Gasteiger partial charge in [-0.2, -0.15) is 5.10 Å². The number of hydrogen-bond donors (Lipinski definition) is 1. The molecule has 0 spiro atoms. The molecule has 7 heteroatoms. The van der Waals surface area contributed by atoms with Crippen LogP contribution in [0.5, 0.6) is 5.75 Å². The molecule has 1 aromatic heterocycles. The Kier molecular flexibility index (Phi) is 7.13. The zero-order valence-corrected chi connectivity index (χ0v) is 18.4. The molecule has 1 saturated heterocycles. The number of piperidine rings is 1. The number of nitrogens with one attached hydrogen (secondary N) is 1. The van der Waals surface area contributed by atoms with Gasteiger partial charge in [0.05, 0.1) is 18.4 Å². The first-order valence-corrected chi connectivity index (χ1v) is 10.6. The Labute approximate surface area is 178 Å². The summed E-state index contributed by atoms with van der Waals surface area (Å²) in [5, 5.41) is 7.48. The molecule has 0 saturated carbocycles. The Hall–Kier alpha value is -2.83. The Balaban J connectivity index is 1.60. The van der Waals surface area contributed by atoms with E-state index in [-0.39, 0.29) is 11.8 Å². The fraction of sp³-hybridized carbons (Fsp3) is 0.522. The average molecular weight is 413 g/mol. The van der Waals surface area contributed by atoms with Gasteiger partial charge < -0.3 is 15.0 Å². The maximum atomic E-state index is 12.8. The van der Waals surface area contributed by atoms with Crippen LogP contribution in [0.2, 0.25) is 0 Å². The van der Waals surface area contributed by atoms with Gasteiger partial charge in [-0.15, -0.1) is 0 Å². The van der Waals surface area contributed by atoms with Gasteiger partial charge in [-0.25, -0.2) is 0 Å². The van der Waals surface area contributed by atoms with Crippen LogP contribution in [-0.2, 0) is 18.3 Å². The second kappa shape index (κ2) is 9.78. The first-order valence-electron chi connectivity index (χ1n) is 10.6. The number of nitrogens with zero attached hydrogens (tertiary/aromatic N) is 3. The normalized spacial score (nSPS) is 14.8. The molecule has 0 atom stereocenters. The Morgan fingerprint density at radius 1 is 1.20 bits per heavy atom. The third kappa shape index (κ3) is 5.62. The van der Waals surface area contributed by atoms with E-state index >= 15 is 0 Å². The summed E-state index contributed by atoms with van der Waals surface area (Å²) in [6.45, 7) is 5.72. The number of carbonyl (C=O) groups excluding carboxylic acids is 2. The van der Waals surface area contributed by atoms with Crippen LogP contribution in [0.3, 0.4) is 0 Å².